The lowest BCUT2D eigenvalue weighted by Crippen LogP contribution is -2.40. The Morgan fingerprint density at radius 2 is 2.24 bits per heavy atom. The van der Waals surface area contributed by atoms with E-state index >= 15 is 0 Å². The zero-order valence-corrected chi connectivity index (χ0v) is 13.2. The largest absolute Gasteiger partial charge is 0.493 e. The molecule has 1 aromatic carbocycles. The summed E-state index contributed by atoms with van der Waals surface area (Å²) in [6.45, 7) is 3.51. The molecule has 1 aliphatic heterocycles. The fourth-order valence-corrected chi connectivity index (χ4v) is 3.44. The minimum Gasteiger partial charge on any atom is -0.493 e. The highest BCUT2D eigenvalue weighted by Gasteiger charge is 2.26. The minimum absolute atomic E-state index is 0.193. The van der Waals surface area contributed by atoms with Gasteiger partial charge in [-0.25, -0.2) is 12.7 Å². The Balaban J connectivity index is 1.99. The quantitative estimate of drug-likeness (QED) is 0.852. The lowest BCUT2D eigenvalue weighted by Gasteiger charge is -2.30. The van der Waals surface area contributed by atoms with E-state index in [2.05, 4.69) is 6.07 Å². The Labute approximate surface area is 126 Å². The zero-order valence-electron chi connectivity index (χ0n) is 12.4. The van der Waals surface area contributed by atoms with E-state index in [4.69, 9.17) is 10.00 Å². The summed E-state index contributed by atoms with van der Waals surface area (Å²) in [5, 5.41) is 8.92. The van der Waals surface area contributed by atoms with Gasteiger partial charge in [0.15, 0.2) is 0 Å². The molecule has 1 saturated heterocycles. The van der Waals surface area contributed by atoms with Crippen LogP contribution >= 0.6 is 0 Å². The Hall–Kier alpha value is -1.58. The van der Waals surface area contributed by atoms with Gasteiger partial charge >= 0.3 is 0 Å². The number of ether oxygens (including phenoxy) is 1. The zero-order chi connectivity index (χ0) is 15.5. The Kier molecular flexibility index (Phi) is 4.86. The van der Waals surface area contributed by atoms with Crippen LogP contribution in [0.1, 0.15) is 24.0 Å². The van der Waals surface area contributed by atoms with Crippen molar-refractivity contribution in [3.8, 4) is 11.8 Å². The fraction of sp³-hybridized carbons (Fsp3) is 0.533. The van der Waals surface area contributed by atoms with Gasteiger partial charge in [-0.1, -0.05) is 6.07 Å². The molecule has 1 unspecified atom stereocenters. The molecule has 1 atom stereocenters. The Morgan fingerprint density at radius 3 is 2.90 bits per heavy atom. The number of benzene rings is 1. The number of hydrogen-bond donors (Lipinski definition) is 0. The third kappa shape index (κ3) is 4.19. The first-order valence-electron chi connectivity index (χ1n) is 6.99. The molecule has 5 nitrogen and oxygen atoms in total. The maximum atomic E-state index is 11.6. The van der Waals surface area contributed by atoms with Crippen LogP contribution in [0.3, 0.4) is 0 Å². The first kappa shape index (κ1) is 15.8. The highest BCUT2D eigenvalue weighted by molar-refractivity contribution is 7.88. The first-order chi connectivity index (χ1) is 9.90. The second-order valence-corrected chi connectivity index (χ2v) is 7.51. The van der Waals surface area contributed by atoms with Crippen molar-refractivity contribution < 1.29 is 13.2 Å². The standard InChI is InChI=1S/C15H20N2O3S/c1-12-5-6-13(9-16)8-15(12)20-11-14-4-3-7-17(10-14)21(2,18)19/h5-6,8,14H,3-4,7,10-11H2,1-2H3. The van der Waals surface area contributed by atoms with Gasteiger partial charge in [-0.2, -0.15) is 5.26 Å². The van der Waals surface area contributed by atoms with Crippen LogP contribution in [-0.2, 0) is 10.0 Å². The van der Waals surface area contributed by atoms with Crippen LogP contribution in [0.4, 0.5) is 0 Å². The lowest BCUT2D eigenvalue weighted by atomic mass is 10.0. The summed E-state index contributed by atoms with van der Waals surface area (Å²) in [6, 6.07) is 7.44. The maximum Gasteiger partial charge on any atom is 0.211 e. The van der Waals surface area contributed by atoms with Gasteiger partial charge in [-0.15, -0.1) is 0 Å². The molecule has 0 N–H and O–H groups in total. The average Bonchev–Trinajstić information content (AvgIpc) is 2.46. The van der Waals surface area contributed by atoms with E-state index in [0.29, 0.717) is 31.0 Å². The van der Waals surface area contributed by atoms with E-state index in [9.17, 15) is 8.42 Å². The van der Waals surface area contributed by atoms with Gasteiger partial charge in [-0.3, -0.25) is 0 Å². The van der Waals surface area contributed by atoms with Crippen molar-refractivity contribution in [3.63, 3.8) is 0 Å². The number of nitrogens with zero attached hydrogens (tertiary/aromatic N) is 2. The Morgan fingerprint density at radius 1 is 1.48 bits per heavy atom. The van der Waals surface area contributed by atoms with Crippen LogP contribution < -0.4 is 4.74 Å². The number of nitriles is 1. The predicted octanol–water partition coefficient (Wildman–Crippen LogP) is 1.92. The maximum absolute atomic E-state index is 11.6. The SMILES string of the molecule is Cc1ccc(C#N)cc1OCC1CCCN(S(C)(=O)=O)C1. The van der Waals surface area contributed by atoms with Crippen LogP contribution in [0.15, 0.2) is 18.2 Å². The van der Waals surface area contributed by atoms with Crippen molar-refractivity contribution in [3.05, 3.63) is 29.3 Å². The molecular formula is C15H20N2O3S. The van der Waals surface area contributed by atoms with Crippen molar-refractivity contribution in [2.75, 3.05) is 26.0 Å². The summed E-state index contributed by atoms with van der Waals surface area (Å²) in [4.78, 5) is 0. The molecule has 0 aromatic heterocycles. The molecule has 21 heavy (non-hydrogen) atoms. The van der Waals surface area contributed by atoms with E-state index in [1.54, 1.807) is 12.1 Å². The molecule has 0 aliphatic carbocycles. The van der Waals surface area contributed by atoms with Crippen LogP contribution in [-0.4, -0.2) is 38.7 Å². The van der Waals surface area contributed by atoms with Gasteiger partial charge in [0.05, 0.1) is 24.5 Å². The molecule has 1 aliphatic rings. The summed E-state index contributed by atoms with van der Waals surface area (Å²) in [6.07, 6.45) is 3.07. The Bertz CT molecular complexity index is 649. The second kappa shape index (κ2) is 6.46. The van der Waals surface area contributed by atoms with E-state index in [-0.39, 0.29) is 5.92 Å². The molecule has 0 saturated carbocycles. The van der Waals surface area contributed by atoms with Gasteiger partial charge in [0.25, 0.3) is 0 Å². The van der Waals surface area contributed by atoms with Crippen LogP contribution in [0, 0.1) is 24.2 Å². The van der Waals surface area contributed by atoms with Crippen molar-refractivity contribution in [1.82, 2.24) is 4.31 Å². The number of rotatable bonds is 4. The summed E-state index contributed by atoms with van der Waals surface area (Å²) < 4.78 is 30.5. The second-order valence-electron chi connectivity index (χ2n) is 5.53. The van der Waals surface area contributed by atoms with Gasteiger partial charge in [0.2, 0.25) is 10.0 Å². The van der Waals surface area contributed by atoms with Crippen molar-refractivity contribution in [1.29, 1.82) is 5.26 Å². The normalized spacial score (nSPS) is 20.0. The highest BCUT2D eigenvalue weighted by atomic mass is 32.2. The van der Waals surface area contributed by atoms with Crippen molar-refractivity contribution >= 4 is 10.0 Å². The summed E-state index contributed by atoms with van der Waals surface area (Å²) in [5.41, 5.74) is 1.54. The van der Waals surface area contributed by atoms with Gasteiger partial charge in [0.1, 0.15) is 5.75 Å². The first-order valence-corrected chi connectivity index (χ1v) is 8.83. The average molecular weight is 308 g/mol. The van der Waals surface area contributed by atoms with E-state index in [1.165, 1.54) is 10.6 Å². The van der Waals surface area contributed by atoms with Gasteiger partial charge in [0, 0.05) is 19.0 Å². The molecule has 0 amide bonds. The van der Waals surface area contributed by atoms with Crippen LogP contribution in [0.2, 0.25) is 0 Å². The molecule has 1 aromatic rings. The summed E-state index contributed by atoms with van der Waals surface area (Å²) in [7, 11) is -3.13. The van der Waals surface area contributed by atoms with Gasteiger partial charge < -0.3 is 4.74 Å². The molecule has 0 spiro atoms. The smallest absolute Gasteiger partial charge is 0.211 e. The third-order valence-electron chi connectivity index (χ3n) is 3.74. The van der Waals surface area contributed by atoms with E-state index < -0.39 is 10.0 Å². The fourth-order valence-electron chi connectivity index (χ4n) is 2.50. The summed E-state index contributed by atoms with van der Waals surface area (Å²) in [5.74, 6) is 0.893. The molecule has 6 heteroatoms. The van der Waals surface area contributed by atoms with Gasteiger partial charge in [-0.05, 0) is 37.5 Å². The van der Waals surface area contributed by atoms with E-state index in [1.807, 2.05) is 13.0 Å². The molecule has 0 bridgehead atoms. The predicted molar refractivity (Wildman–Crippen MR) is 80.5 cm³/mol. The molecular weight excluding hydrogens is 288 g/mol. The summed E-state index contributed by atoms with van der Waals surface area (Å²) >= 11 is 0. The van der Waals surface area contributed by atoms with Crippen molar-refractivity contribution in [2.45, 2.75) is 19.8 Å². The van der Waals surface area contributed by atoms with Crippen molar-refractivity contribution in [2.24, 2.45) is 5.92 Å². The number of sulfonamides is 1. The highest BCUT2D eigenvalue weighted by Crippen LogP contribution is 2.23. The topological polar surface area (TPSA) is 70.4 Å². The third-order valence-corrected chi connectivity index (χ3v) is 5.01. The molecule has 0 radical (unpaired) electrons. The van der Waals surface area contributed by atoms with Crippen LogP contribution in [0.5, 0.6) is 5.75 Å². The lowest BCUT2D eigenvalue weighted by molar-refractivity contribution is 0.180. The minimum atomic E-state index is -3.13. The van der Waals surface area contributed by atoms with Crippen LogP contribution in [0.25, 0.3) is 0 Å². The number of aryl methyl sites for hydroxylation is 1. The molecule has 114 valence electrons. The molecule has 1 heterocycles. The monoisotopic (exact) mass is 308 g/mol. The molecule has 2 rings (SSSR count). The number of piperidine rings is 1. The number of hydrogen-bond acceptors (Lipinski definition) is 4. The molecule has 1 fully saturated rings. The van der Waals surface area contributed by atoms with E-state index in [0.717, 1.165) is 18.4 Å².